The van der Waals surface area contributed by atoms with Crippen LogP contribution in [0.3, 0.4) is 0 Å². The van der Waals surface area contributed by atoms with E-state index in [4.69, 9.17) is 32.6 Å². The van der Waals surface area contributed by atoms with Crippen LogP contribution in [0.4, 0.5) is 4.79 Å². The van der Waals surface area contributed by atoms with E-state index in [1.807, 2.05) is 32.9 Å². The van der Waals surface area contributed by atoms with E-state index in [2.05, 4.69) is 5.32 Å². The molecule has 2 N–H and O–H groups in total. The standard InChI is InChI=1S/C17H25NO4.C12H13NO2.C8H5NO2/c1-16(2,3)21-14(19)13-9-7-12(8-10-13)11-18-15(20)22-17(4,5)6;1-12(2,3)15-11(14)10-6-4-9(8-13)5-7-10;9-5-6-1-3-7(4-2-6)8(10)11/h7-10H,11H2,1-6H3,(H,18,20);4-7H,1-3H3;1-4H,(H,10,11)/i11D2;;. The second-order valence-electron chi connectivity index (χ2n) is 13.0. The third-order valence-electron chi connectivity index (χ3n) is 5.14. The predicted octanol–water partition coefficient (Wildman–Crippen LogP) is 7.44. The average Bonchev–Trinajstić information content (AvgIpc) is 2.99. The highest BCUT2D eigenvalue weighted by molar-refractivity contribution is 5.90. The zero-order valence-electron chi connectivity index (χ0n) is 30.6. The monoisotopic (exact) mass is 659 g/mol. The Balaban J connectivity index is 0.000000408. The van der Waals surface area contributed by atoms with E-state index in [1.54, 1.807) is 65.8 Å². The number of rotatable bonds is 5. The summed E-state index contributed by atoms with van der Waals surface area (Å²) in [6.45, 7) is 13.7. The normalized spacial score (nSPS) is 11.6. The van der Waals surface area contributed by atoms with Crippen LogP contribution in [0.1, 0.15) is 113 Å². The van der Waals surface area contributed by atoms with Crippen molar-refractivity contribution >= 4 is 24.0 Å². The van der Waals surface area contributed by atoms with Crippen LogP contribution in [0.15, 0.2) is 72.8 Å². The van der Waals surface area contributed by atoms with Crippen LogP contribution in [0.25, 0.3) is 0 Å². The minimum atomic E-state index is -2.13. The topological polar surface area (TPSA) is 176 Å². The zero-order chi connectivity index (χ0) is 38.5. The Morgan fingerprint density at radius 3 is 1.27 bits per heavy atom. The van der Waals surface area contributed by atoms with Crippen molar-refractivity contribution in [2.75, 3.05) is 0 Å². The van der Waals surface area contributed by atoms with E-state index in [0.717, 1.165) is 0 Å². The SMILES string of the molecule is CC(C)(C)OC(=O)c1ccc(C#N)cc1.N#Cc1ccc(C(=O)O)cc1.[2H]C([2H])(NC(=O)OC(C)(C)C)c1ccc(C(=O)OC(C)(C)C)cc1. The molecule has 0 aliphatic carbocycles. The van der Waals surface area contributed by atoms with Gasteiger partial charge < -0.3 is 24.6 Å². The fraction of sp³-hybridized carbons (Fsp3) is 0.351. The van der Waals surface area contributed by atoms with E-state index >= 15 is 0 Å². The zero-order valence-corrected chi connectivity index (χ0v) is 28.6. The summed E-state index contributed by atoms with van der Waals surface area (Å²) in [5.74, 6) is -1.84. The number of alkyl carbamates (subject to hydrolysis) is 1. The number of amides is 1. The van der Waals surface area contributed by atoms with Gasteiger partial charge in [0.15, 0.2) is 0 Å². The Labute approximate surface area is 284 Å². The molecule has 3 rings (SSSR count). The van der Waals surface area contributed by atoms with E-state index < -0.39 is 41.3 Å². The van der Waals surface area contributed by atoms with Gasteiger partial charge in [-0.1, -0.05) is 12.1 Å². The maximum atomic E-state index is 12.0. The molecular formula is C37H43N3O8. The second-order valence-corrected chi connectivity index (χ2v) is 13.0. The minimum Gasteiger partial charge on any atom is -0.478 e. The fourth-order valence-corrected chi connectivity index (χ4v) is 3.16. The molecule has 0 bridgehead atoms. The smallest absolute Gasteiger partial charge is 0.407 e. The molecule has 3 aromatic rings. The predicted molar refractivity (Wildman–Crippen MR) is 179 cm³/mol. The van der Waals surface area contributed by atoms with Crippen molar-refractivity contribution in [2.24, 2.45) is 0 Å². The second kappa shape index (κ2) is 17.9. The lowest BCUT2D eigenvalue weighted by Gasteiger charge is -2.20. The third-order valence-corrected chi connectivity index (χ3v) is 5.14. The molecule has 3 aromatic carbocycles. The Bertz CT molecular complexity index is 1700. The number of esters is 2. The number of hydrogen-bond acceptors (Lipinski definition) is 9. The first-order valence-electron chi connectivity index (χ1n) is 15.7. The minimum absolute atomic E-state index is 0.195. The molecule has 0 aliphatic rings. The summed E-state index contributed by atoms with van der Waals surface area (Å²) in [6.07, 6.45) is -0.858. The molecule has 11 heteroatoms. The van der Waals surface area contributed by atoms with Gasteiger partial charge in [0, 0.05) is 6.50 Å². The van der Waals surface area contributed by atoms with Gasteiger partial charge in [0.05, 0.1) is 42.7 Å². The molecule has 0 aromatic heterocycles. The van der Waals surface area contributed by atoms with E-state index in [1.165, 1.54) is 48.5 Å². The number of benzene rings is 3. The number of carboxylic acid groups (broad SMARTS) is 1. The molecule has 0 fully saturated rings. The summed E-state index contributed by atoms with van der Waals surface area (Å²) >= 11 is 0. The molecular weight excluding hydrogens is 614 g/mol. The van der Waals surface area contributed by atoms with E-state index in [-0.39, 0.29) is 17.1 Å². The molecule has 1 amide bonds. The van der Waals surface area contributed by atoms with E-state index in [9.17, 15) is 19.2 Å². The van der Waals surface area contributed by atoms with Gasteiger partial charge >= 0.3 is 24.0 Å². The van der Waals surface area contributed by atoms with Crippen molar-refractivity contribution in [1.29, 1.82) is 10.5 Å². The van der Waals surface area contributed by atoms with Gasteiger partial charge in [-0.05, 0) is 129 Å². The van der Waals surface area contributed by atoms with Crippen molar-refractivity contribution in [3.63, 3.8) is 0 Å². The summed E-state index contributed by atoms with van der Waals surface area (Å²) in [5.41, 5.74) is 0.335. The maximum Gasteiger partial charge on any atom is 0.407 e. The van der Waals surface area contributed by atoms with Crippen molar-refractivity contribution in [2.45, 2.75) is 85.6 Å². The van der Waals surface area contributed by atoms with Crippen molar-refractivity contribution in [3.8, 4) is 12.1 Å². The lowest BCUT2D eigenvalue weighted by molar-refractivity contribution is 0.00570. The quantitative estimate of drug-likeness (QED) is 0.207. The highest BCUT2D eigenvalue weighted by Gasteiger charge is 2.19. The van der Waals surface area contributed by atoms with Gasteiger partial charge in [-0.25, -0.2) is 19.2 Å². The Morgan fingerprint density at radius 2 is 0.958 bits per heavy atom. The molecule has 0 heterocycles. The fourth-order valence-electron chi connectivity index (χ4n) is 3.16. The summed E-state index contributed by atoms with van der Waals surface area (Å²) in [7, 11) is 0. The number of nitrogens with one attached hydrogen (secondary N) is 1. The van der Waals surface area contributed by atoms with Crippen molar-refractivity contribution < 1.29 is 41.2 Å². The first kappa shape index (κ1) is 36.8. The highest BCUT2D eigenvalue weighted by Crippen LogP contribution is 2.14. The Hall–Kier alpha value is -5.68. The number of hydrogen-bond donors (Lipinski definition) is 2. The number of nitriles is 2. The molecule has 0 saturated carbocycles. The van der Waals surface area contributed by atoms with Gasteiger partial charge in [0.25, 0.3) is 0 Å². The molecule has 0 saturated heterocycles. The Kier molecular flexibility index (Phi) is 13.7. The largest absolute Gasteiger partial charge is 0.478 e. The van der Waals surface area contributed by atoms with Gasteiger partial charge in [0.2, 0.25) is 0 Å². The number of nitrogens with zero attached hydrogens (tertiary/aromatic N) is 2. The number of carbonyl (C=O) groups excluding carboxylic acids is 3. The Morgan fingerprint density at radius 1 is 0.625 bits per heavy atom. The molecule has 254 valence electrons. The molecule has 48 heavy (non-hydrogen) atoms. The number of aromatic carboxylic acids is 1. The summed E-state index contributed by atoms with van der Waals surface area (Å²) in [4.78, 5) is 45.6. The molecule has 0 aliphatic heterocycles. The number of carboxylic acids is 1. The first-order chi connectivity index (χ1) is 22.9. The van der Waals surface area contributed by atoms with E-state index in [0.29, 0.717) is 22.3 Å². The van der Waals surface area contributed by atoms with Crippen molar-refractivity contribution in [1.82, 2.24) is 5.32 Å². The lowest BCUT2D eigenvalue weighted by atomic mass is 10.1. The van der Waals surface area contributed by atoms with Crippen LogP contribution in [-0.2, 0) is 20.7 Å². The molecule has 0 unspecified atom stereocenters. The highest BCUT2D eigenvalue weighted by atomic mass is 16.6. The summed E-state index contributed by atoms with van der Waals surface area (Å²) in [5, 5.41) is 27.6. The van der Waals surface area contributed by atoms with Gasteiger partial charge in [0.1, 0.15) is 16.8 Å². The summed E-state index contributed by atoms with van der Waals surface area (Å²) in [6, 6.07) is 21.8. The van der Waals surface area contributed by atoms with Gasteiger partial charge in [-0.3, -0.25) is 0 Å². The van der Waals surface area contributed by atoms with Gasteiger partial charge in [-0.2, -0.15) is 10.5 Å². The third kappa shape index (κ3) is 17.1. The first-order valence-corrected chi connectivity index (χ1v) is 14.7. The van der Waals surface area contributed by atoms with Crippen LogP contribution in [0.2, 0.25) is 0 Å². The molecule has 0 radical (unpaired) electrons. The number of ether oxygens (including phenoxy) is 3. The van der Waals surface area contributed by atoms with Crippen LogP contribution in [0.5, 0.6) is 0 Å². The molecule has 0 spiro atoms. The summed E-state index contributed by atoms with van der Waals surface area (Å²) < 4.78 is 31.4. The van der Waals surface area contributed by atoms with Crippen LogP contribution in [-0.4, -0.2) is 45.9 Å². The van der Waals surface area contributed by atoms with Crippen LogP contribution >= 0.6 is 0 Å². The van der Waals surface area contributed by atoms with Crippen molar-refractivity contribution in [3.05, 3.63) is 106 Å². The maximum absolute atomic E-state index is 12.0. The lowest BCUT2D eigenvalue weighted by Crippen LogP contribution is -2.32. The number of carbonyl (C=O) groups is 4. The van der Waals surface area contributed by atoms with Crippen LogP contribution in [0, 0.1) is 22.7 Å². The van der Waals surface area contributed by atoms with Crippen LogP contribution < -0.4 is 5.32 Å². The molecule has 0 atom stereocenters. The average molecular weight is 660 g/mol. The molecule has 11 nitrogen and oxygen atoms in total. The van der Waals surface area contributed by atoms with Gasteiger partial charge in [-0.15, -0.1) is 0 Å².